The molecule has 3 aromatic heterocycles. The van der Waals surface area contributed by atoms with E-state index in [0.717, 1.165) is 41.7 Å². The summed E-state index contributed by atoms with van der Waals surface area (Å²) in [5.74, 6) is 2.03. The molecule has 0 saturated heterocycles. The number of nitrogens with zero attached hydrogens (tertiary/aromatic N) is 5. The first-order chi connectivity index (χ1) is 14.3. The van der Waals surface area contributed by atoms with Gasteiger partial charge >= 0.3 is 0 Å². The summed E-state index contributed by atoms with van der Waals surface area (Å²) >= 11 is 0. The van der Waals surface area contributed by atoms with Gasteiger partial charge in [0, 0.05) is 18.2 Å². The molecule has 4 aromatic rings. The zero-order valence-corrected chi connectivity index (χ0v) is 17.5. The first-order valence-corrected chi connectivity index (χ1v) is 10.2. The minimum absolute atomic E-state index is 0. The van der Waals surface area contributed by atoms with E-state index in [4.69, 9.17) is 10.3 Å². The smallest absolute Gasteiger partial charge is 0.227 e. The lowest BCUT2D eigenvalue weighted by molar-refractivity contribution is 0.177. The van der Waals surface area contributed by atoms with Gasteiger partial charge in [0.05, 0.1) is 11.0 Å². The highest BCUT2D eigenvalue weighted by molar-refractivity contribution is 5.85. The van der Waals surface area contributed by atoms with Gasteiger partial charge in [0.2, 0.25) is 11.7 Å². The largest absolute Gasteiger partial charge is 0.339 e. The third kappa shape index (κ3) is 3.82. The Balaban J connectivity index is 0.00000218. The maximum Gasteiger partial charge on any atom is 0.227 e. The van der Waals surface area contributed by atoms with E-state index in [-0.39, 0.29) is 17.8 Å². The van der Waals surface area contributed by atoms with E-state index < -0.39 is 0 Å². The second-order valence-electron chi connectivity index (χ2n) is 7.96. The molecule has 0 aliphatic heterocycles. The fraction of sp³-hybridized carbons (Fsp3) is 0.364. The number of pyridine rings is 1. The van der Waals surface area contributed by atoms with Crippen molar-refractivity contribution < 1.29 is 4.52 Å². The number of benzene rings is 1. The van der Waals surface area contributed by atoms with Crippen molar-refractivity contribution in [3.8, 4) is 17.2 Å². The molecule has 3 heterocycles. The fourth-order valence-electron chi connectivity index (χ4n) is 4.32. The molecule has 0 bridgehead atoms. The Morgan fingerprint density at radius 1 is 1.03 bits per heavy atom. The molecule has 0 unspecified atom stereocenters. The van der Waals surface area contributed by atoms with E-state index in [1.807, 2.05) is 41.0 Å². The van der Waals surface area contributed by atoms with E-state index in [9.17, 15) is 0 Å². The molecule has 1 saturated carbocycles. The predicted molar refractivity (Wildman–Crippen MR) is 118 cm³/mol. The molecule has 2 N–H and O–H groups in total. The summed E-state index contributed by atoms with van der Waals surface area (Å²) in [6.07, 6.45) is 10.3. The summed E-state index contributed by atoms with van der Waals surface area (Å²) in [5, 5.41) is 4.17. The van der Waals surface area contributed by atoms with Crippen molar-refractivity contribution in [2.24, 2.45) is 11.1 Å². The van der Waals surface area contributed by atoms with Crippen LogP contribution >= 0.6 is 12.4 Å². The van der Waals surface area contributed by atoms with E-state index in [0.29, 0.717) is 18.3 Å². The third-order valence-electron chi connectivity index (χ3n) is 6.05. The summed E-state index contributed by atoms with van der Waals surface area (Å²) in [6, 6.07) is 11.9. The van der Waals surface area contributed by atoms with Crippen LogP contribution in [0.5, 0.6) is 0 Å². The topological polar surface area (TPSA) is 95.7 Å². The second-order valence-corrected chi connectivity index (χ2v) is 7.96. The lowest BCUT2D eigenvalue weighted by atomic mass is 9.72. The van der Waals surface area contributed by atoms with Gasteiger partial charge in [-0.05, 0) is 49.1 Å². The zero-order chi connectivity index (χ0) is 19.7. The van der Waals surface area contributed by atoms with Crippen LogP contribution < -0.4 is 5.73 Å². The van der Waals surface area contributed by atoms with Gasteiger partial charge in [0.15, 0.2) is 0 Å². The number of aromatic nitrogens is 5. The molecular weight excluding hydrogens is 400 g/mol. The molecular formula is C22H25ClN6O. The molecule has 0 atom stereocenters. The quantitative estimate of drug-likeness (QED) is 0.511. The third-order valence-corrected chi connectivity index (χ3v) is 6.05. The molecule has 0 amide bonds. The molecule has 1 aliphatic rings. The van der Waals surface area contributed by atoms with E-state index in [1.54, 1.807) is 12.5 Å². The van der Waals surface area contributed by atoms with Crippen molar-refractivity contribution in [3.63, 3.8) is 0 Å². The highest BCUT2D eigenvalue weighted by Crippen LogP contribution is 2.38. The Kier molecular flexibility index (Phi) is 5.83. The fourth-order valence-corrected chi connectivity index (χ4v) is 4.32. The SMILES string of the molecule is Cl.NCC1(Cc2nc(-c3ccc(-n4cnc5ccccc54)nc3)no2)CCCCC1. The van der Waals surface area contributed by atoms with Crippen molar-refractivity contribution in [1.29, 1.82) is 0 Å². The Hall–Kier alpha value is -2.77. The molecule has 7 nitrogen and oxygen atoms in total. The summed E-state index contributed by atoms with van der Waals surface area (Å²) < 4.78 is 7.52. The van der Waals surface area contributed by atoms with Crippen LogP contribution in [0.25, 0.3) is 28.2 Å². The van der Waals surface area contributed by atoms with Crippen LogP contribution in [0.1, 0.15) is 38.0 Å². The van der Waals surface area contributed by atoms with Gasteiger partial charge in [0.25, 0.3) is 0 Å². The van der Waals surface area contributed by atoms with Crippen LogP contribution in [0, 0.1) is 5.41 Å². The summed E-state index contributed by atoms with van der Waals surface area (Å²) in [6.45, 7) is 0.666. The number of halogens is 1. The van der Waals surface area contributed by atoms with Crippen molar-refractivity contribution >= 4 is 23.4 Å². The minimum Gasteiger partial charge on any atom is -0.339 e. The van der Waals surface area contributed by atoms with Gasteiger partial charge in [-0.25, -0.2) is 9.97 Å². The van der Waals surface area contributed by atoms with Crippen LogP contribution in [0.2, 0.25) is 0 Å². The zero-order valence-electron chi connectivity index (χ0n) is 16.7. The number of hydrogen-bond acceptors (Lipinski definition) is 6. The maximum absolute atomic E-state index is 6.10. The number of fused-ring (bicyclic) bond motifs is 1. The molecule has 8 heteroatoms. The van der Waals surface area contributed by atoms with E-state index >= 15 is 0 Å². The Morgan fingerprint density at radius 2 is 1.87 bits per heavy atom. The minimum atomic E-state index is 0. The summed E-state index contributed by atoms with van der Waals surface area (Å²) in [5.41, 5.74) is 9.00. The first kappa shape index (κ1) is 20.5. The van der Waals surface area contributed by atoms with Crippen molar-refractivity contribution in [2.75, 3.05) is 6.54 Å². The molecule has 0 radical (unpaired) electrons. The van der Waals surface area contributed by atoms with Crippen LogP contribution in [-0.2, 0) is 6.42 Å². The Bertz CT molecular complexity index is 1110. The number of para-hydroxylation sites is 2. The van der Waals surface area contributed by atoms with Crippen molar-refractivity contribution in [1.82, 2.24) is 24.7 Å². The Morgan fingerprint density at radius 3 is 2.63 bits per heavy atom. The van der Waals surface area contributed by atoms with Crippen LogP contribution in [0.15, 0.2) is 53.4 Å². The monoisotopic (exact) mass is 424 g/mol. The van der Waals surface area contributed by atoms with Gasteiger partial charge in [-0.15, -0.1) is 12.4 Å². The van der Waals surface area contributed by atoms with E-state index in [2.05, 4.69) is 20.1 Å². The predicted octanol–water partition coefficient (Wildman–Crippen LogP) is 4.34. The molecule has 156 valence electrons. The van der Waals surface area contributed by atoms with Crippen LogP contribution in [0.4, 0.5) is 0 Å². The van der Waals surface area contributed by atoms with Crippen LogP contribution in [-0.4, -0.2) is 31.2 Å². The van der Waals surface area contributed by atoms with Gasteiger partial charge in [-0.3, -0.25) is 4.57 Å². The first-order valence-electron chi connectivity index (χ1n) is 10.2. The van der Waals surface area contributed by atoms with Crippen LogP contribution in [0.3, 0.4) is 0 Å². The van der Waals surface area contributed by atoms with Gasteiger partial charge < -0.3 is 10.3 Å². The number of rotatable bonds is 5. The maximum atomic E-state index is 6.10. The van der Waals surface area contributed by atoms with Gasteiger partial charge in [-0.1, -0.05) is 36.6 Å². The average molecular weight is 425 g/mol. The molecule has 5 rings (SSSR count). The number of imidazole rings is 1. The number of hydrogen-bond donors (Lipinski definition) is 1. The standard InChI is InChI=1S/C22H24N6O.ClH/c23-14-22(10-4-1-5-11-22)12-20-26-21(27-29-20)16-8-9-19(24-13-16)28-15-25-17-6-2-3-7-18(17)28;/h2-3,6-9,13,15H,1,4-5,10-12,14,23H2;1H. The second kappa shape index (κ2) is 8.53. The number of nitrogens with two attached hydrogens (primary N) is 1. The molecule has 1 fully saturated rings. The lowest BCUT2D eigenvalue weighted by Gasteiger charge is -2.34. The molecule has 1 aromatic carbocycles. The van der Waals surface area contributed by atoms with E-state index in [1.165, 1.54) is 19.3 Å². The van der Waals surface area contributed by atoms with Gasteiger partial charge in [0.1, 0.15) is 12.1 Å². The lowest BCUT2D eigenvalue weighted by Crippen LogP contribution is -2.35. The normalized spacial score (nSPS) is 15.8. The summed E-state index contributed by atoms with van der Waals surface area (Å²) in [4.78, 5) is 13.6. The van der Waals surface area contributed by atoms with Crippen molar-refractivity contribution in [3.05, 3.63) is 54.8 Å². The van der Waals surface area contributed by atoms with Crippen molar-refractivity contribution in [2.45, 2.75) is 38.5 Å². The molecule has 0 spiro atoms. The molecule has 1 aliphatic carbocycles. The Labute approximate surface area is 181 Å². The van der Waals surface area contributed by atoms with Gasteiger partial charge in [-0.2, -0.15) is 4.98 Å². The highest BCUT2D eigenvalue weighted by atomic mass is 35.5. The summed E-state index contributed by atoms with van der Waals surface area (Å²) in [7, 11) is 0. The molecule has 30 heavy (non-hydrogen) atoms. The highest BCUT2D eigenvalue weighted by Gasteiger charge is 2.33. The average Bonchev–Trinajstić information content (AvgIpc) is 3.42.